The van der Waals surface area contributed by atoms with Crippen LogP contribution in [0.1, 0.15) is 18.6 Å². The van der Waals surface area contributed by atoms with Crippen molar-refractivity contribution in [3.63, 3.8) is 0 Å². The minimum Gasteiger partial charge on any atom is -0.386 e. The Balaban J connectivity index is 2.52. The fraction of sp³-hybridized carbons (Fsp3) is 0.214. The smallest absolute Gasteiger partial charge is 0.149 e. The van der Waals surface area contributed by atoms with E-state index in [-0.39, 0.29) is 5.78 Å². The number of ketones is 1. The second-order valence-corrected chi connectivity index (χ2v) is 4.15. The first-order valence-corrected chi connectivity index (χ1v) is 5.53. The molecular formula is C14H15NO2. The molecule has 0 amide bonds. The van der Waals surface area contributed by atoms with Gasteiger partial charge in [0.15, 0.2) is 0 Å². The van der Waals surface area contributed by atoms with E-state index in [2.05, 4.69) is 0 Å². The van der Waals surface area contributed by atoms with Gasteiger partial charge in [-0.05, 0) is 23.3 Å². The van der Waals surface area contributed by atoms with Gasteiger partial charge in [0.25, 0.3) is 0 Å². The summed E-state index contributed by atoms with van der Waals surface area (Å²) in [5.41, 5.74) is 6.38. The summed E-state index contributed by atoms with van der Waals surface area (Å²) < 4.78 is 0. The Kier molecular flexibility index (Phi) is 3.22. The van der Waals surface area contributed by atoms with Crippen LogP contribution < -0.4 is 5.73 Å². The van der Waals surface area contributed by atoms with E-state index in [1.54, 1.807) is 6.07 Å². The van der Waals surface area contributed by atoms with Gasteiger partial charge in [-0.1, -0.05) is 42.5 Å². The van der Waals surface area contributed by atoms with E-state index in [0.29, 0.717) is 5.56 Å². The summed E-state index contributed by atoms with van der Waals surface area (Å²) in [6.45, 7) is 1.39. The molecule has 2 aromatic carbocycles. The molecule has 3 nitrogen and oxygen atoms in total. The molecule has 2 rings (SSSR count). The third-order valence-corrected chi connectivity index (χ3v) is 2.95. The summed E-state index contributed by atoms with van der Waals surface area (Å²) in [5.74, 6) is -0.217. The normalized spacial score (nSPS) is 14.5. The van der Waals surface area contributed by atoms with Gasteiger partial charge in [-0.3, -0.25) is 4.79 Å². The van der Waals surface area contributed by atoms with Crippen molar-refractivity contribution in [2.45, 2.75) is 19.1 Å². The lowest BCUT2D eigenvalue weighted by molar-refractivity contribution is -0.120. The molecule has 0 saturated carbocycles. The van der Waals surface area contributed by atoms with Crippen molar-refractivity contribution in [2.24, 2.45) is 5.73 Å². The topological polar surface area (TPSA) is 63.3 Å². The maximum atomic E-state index is 11.2. The third-order valence-electron chi connectivity index (χ3n) is 2.95. The minimum atomic E-state index is -0.960. The lowest BCUT2D eigenvalue weighted by atomic mass is 9.95. The van der Waals surface area contributed by atoms with Crippen molar-refractivity contribution >= 4 is 16.6 Å². The van der Waals surface area contributed by atoms with Gasteiger partial charge in [-0.25, -0.2) is 0 Å². The van der Waals surface area contributed by atoms with E-state index >= 15 is 0 Å². The number of rotatable bonds is 3. The van der Waals surface area contributed by atoms with Crippen molar-refractivity contribution in [3.05, 3.63) is 48.0 Å². The Hall–Kier alpha value is -1.71. The number of fused-ring (bicyclic) bond motifs is 1. The van der Waals surface area contributed by atoms with Crippen LogP contribution in [-0.4, -0.2) is 16.9 Å². The van der Waals surface area contributed by atoms with Gasteiger partial charge in [0.2, 0.25) is 0 Å². The van der Waals surface area contributed by atoms with Crippen LogP contribution >= 0.6 is 0 Å². The minimum absolute atomic E-state index is 0.217. The second-order valence-electron chi connectivity index (χ2n) is 4.15. The molecule has 0 aliphatic heterocycles. The average molecular weight is 229 g/mol. The number of carbonyl (C=O) groups excluding carboxylic acids is 1. The van der Waals surface area contributed by atoms with Gasteiger partial charge in [-0.15, -0.1) is 0 Å². The van der Waals surface area contributed by atoms with Crippen molar-refractivity contribution in [2.75, 3.05) is 0 Å². The predicted octanol–water partition coefficient (Wildman–Crippen LogP) is 1.79. The zero-order chi connectivity index (χ0) is 12.4. The fourth-order valence-electron chi connectivity index (χ4n) is 1.92. The molecule has 17 heavy (non-hydrogen) atoms. The van der Waals surface area contributed by atoms with E-state index in [1.807, 2.05) is 36.4 Å². The van der Waals surface area contributed by atoms with E-state index in [4.69, 9.17) is 5.73 Å². The fourth-order valence-corrected chi connectivity index (χ4v) is 1.92. The Labute approximate surface area is 99.9 Å². The van der Waals surface area contributed by atoms with Crippen LogP contribution in [0, 0.1) is 0 Å². The molecule has 0 bridgehead atoms. The molecule has 0 aliphatic rings. The number of hydrogen-bond donors (Lipinski definition) is 2. The SMILES string of the molecule is CC(=O)[C@H](N)[C@@H](O)c1cccc2ccccc12. The van der Waals surface area contributed by atoms with E-state index < -0.39 is 12.1 Å². The number of aliphatic hydroxyl groups is 1. The van der Waals surface area contributed by atoms with Gasteiger partial charge >= 0.3 is 0 Å². The van der Waals surface area contributed by atoms with E-state index in [1.165, 1.54) is 6.92 Å². The van der Waals surface area contributed by atoms with Gasteiger partial charge < -0.3 is 10.8 Å². The predicted molar refractivity (Wildman–Crippen MR) is 67.6 cm³/mol. The summed E-state index contributed by atoms with van der Waals surface area (Å²) in [7, 11) is 0. The van der Waals surface area contributed by atoms with Crippen molar-refractivity contribution in [1.29, 1.82) is 0 Å². The van der Waals surface area contributed by atoms with Gasteiger partial charge in [-0.2, -0.15) is 0 Å². The third kappa shape index (κ3) is 2.20. The Morgan fingerprint density at radius 1 is 1.18 bits per heavy atom. The number of hydrogen-bond acceptors (Lipinski definition) is 3. The molecule has 3 heteroatoms. The highest BCUT2D eigenvalue weighted by Gasteiger charge is 2.22. The second kappa shape index (κ2) is 4.65. The highest BCUT2D eigenvalue weighted by Crippen LogP contribution is 2.25. The molecule has 0 saturated heterocycles. The zero-order valence-corrected chi connectivity index (χ0v) is 9.63. The van der Waals surface area contributed by atoms with Crippen LogP contribution in [0.25, 0.3) is 10.8 Å². The number of carbonyl (C=O) groups is 1. The first-order chi connectivity index (χ1) is 8.11. The number of Topliss-reactive ketones (excluding diaryl/α,β-unsaturated/α-hetero) is 1. The van der Waals surface area contributed by atoms with Crippen molar-refractivity contribution in [3.8, 4) is 0 Å². The lowest BCUT2D eigenvalue weighted by Gasteiger charge is -2.18. The molecular weight excluding hydrogens is 214 g/mol. The summed E-state index contributed by atoms with van der Waals surface area (Å²) in [6, 6.07) is 12.5. The van der Waals surface area contributed by atoms with Crippen molar-refractivity contribution in [1.82, 2.24) is 0 Å². The average Bonchev–Trinajstić information content (AvgIpc) is 2.36. The van der Waals surface area contributed by atoms with Crippen molar-refractivity contribution < 1.29 is 9.90 Å². The first kappa shape index (κ1) is 11.8. The number of aliphatic hydroxyl groups excluding tert-OH is 1. The first-order valence-electron chi connectivity index (χ1n) is 5.53. The maximum absolute atomic E-state index is 11.2. The summed E-state index contributed by atoms with van der Waals surface area (Å²) >= 11 is 0. The molecule has 88 valence electrons. The lowest BCUT2D eigenvalue weighted by Crippen LogP contribution is -2.35. The van der Waals surface area contributed by atoms with E-state index in [9.17, 15) is 9.90 Å². The largest absolute Gasteiger partial charge is 0.386 e. The van der Waals surface area contributed by atoms with Crippen LogP contribution in [0.15, 0.2) is 42.5 Å². The van der Waals surface area contributed by atoms with Crippen LogP contribution in [0.5, 0.6) is 0 Å². The summed E-state index contributed by atoms with van der Waals surface area (Å²) in [4.78, 5) is 11.2. The highest BCUT2D eigenvalue weighted by atomic mass is 16.3. The molecule has 0 unspecified atom stereocenters. The van der Waals surface area contributed by atoms with Gasteiger partial charge in [0.05, 0.1) is 6.04 Å². The molecule has 2 aromatic rings. The number of benzene rings is 2. The van der Waals surface area contributed by atoms with Gasteiger partial charge in [0, 0.05) is 0 Å². The van der Waals surface area contributed by atoms with Gasteiger partial charge in [0.1, 0.15) is 11.9 Å². The zero-order valence-electron chi connectivity index (χ0n) is 9.63. The van der Waals surface area contributed by atoms with Crippen LogP contribution in [0.3, 0.4) is 0 Å². The molecule has 0 fully saturated rings. The van der Waals surface area contributed by atoms with Crippen LogP contribution in [0.2, 0.25) is 0 Å². The van der Waals surface area contributed by atoms with E-state index in [0.717, 1.165) is 10.8 Å². The molecule has 0 aliphatic carbocycles. The monoisotopic (exact) mass is 229 g/mol. The Morgan fingerprint density at radius 2 is 1.82 bits per heavy atom. The maximum Gasteiger partial charge on any atom is 0.149 e. The standard InChI is InChI=1S/C14H15NO2/c1-9(16)13(15)14(17)12-8-4-6-10-5-2-3-7-11(10)12/h2-8,13-14,17H,15H2,1H3/t13-,14-/m0/s1. The molecule has 0 spiro atoms. The molecule has 2 atom stereocenters. The highest BCUT2D eigenvalue weighted by molar-refractivity contribution is 5.88. The number of nitrogens with two attached hydrogens (primary N) is 1. The quantitative estimate of drug-likeness (QED) is 0.843. The summed E-state index contributed by atoms with van der Waals surface area (Å²) in [5, 5.41) is 12.1. The Bertz CT molecular complexity index is 545. The molecule has 0 aromatic heterocycles. The molecule has 0 radical (unpaired) electrons. The van der Waals surface area contributed by atoms with Crippen LogP contribution in [-0.2, 0) is 4.79 Å². The molecule has 3 N–H and O–H groups in total. The summed E-state index contributed by atoms with van der Waals surface area (Å²) in [6.07, 6.45) is -0.960. The Morgan fingerprint density at radius 3 is 2.53 bits per heavy atom. The van der Waals surface area contributed by atoms with Crippen LogP contribution in [0.4, 0.5) is 0 Å². The molecule has 0 heterocycles.